The van der Waals surface area contributed by atoms with Crippen LogP contribution in [0.3, 0.4) is 0 Å². The lowest BCUT2D eigenvalue weighted by atomic mass is 10.1. The molecule has 3 aromatic rings. The number of phenols is 1. The van der Waals surface area contributed by atoms with Crippen LogP contribution in [-0.4, -0.2) is 31.5 Å². The summed E-state index contributed by atoms with van der Waals surface area (Å²) in [5.41, 5.74) is -0.0979. The normalized spacial score (nSPS) is 12.0. The molecule has 25 heavy (non-hydrogen) atoms. The zero-order valence-electron chi connectivity index (χ0n) is 12.1. The lowest BCUT2D eigenvalue weighted by Gasteiger charge is -2.08. The lowest BCUT2D eigenvalue weighted by molar-refractivity contribution is -0.144. The molecule has 0 saturated heterocycles. The molecule has 0 unspecified atom stereocenters. The van der Waals surface area contributed by atoms with E-state index in [1.807, 2.05) is 0 Å². The molecule has 0 spiro atoms. The van der Waals surface area contributed by atoms with Crippen LogP contribution in [0.15, 0.2) is 32.6 Å². The van der Waals surface area contributed by atoms with Gasteiger partial charge in [0.2, 0.25) is 5.16 Å². The maximum absolute atomic E-state index is 12.5. The number of rotatable bonds is 4. The molecule has 0 bridgehead atoms. The van der Waals surface area contributed by atoms with Gasteiger partial charge in [-0.15, -0.1) is 5.10 Å². The van der Waals surface area contributed by atoms with Crippen LogP contribution in [-0.2, 0) is 12.3 Å². The van der Waals surface area contributed by atoms with Crippen molar-refractivity contribution in [1.29, 1.82) is 0 Å². The van der Waals surface area contributed by atoms with Crippen molar-refractivity contribution in [1.82, 2.24) is 20.2 Å². The molecule has 0 aliphatic heterocycles. The molecule has 0 fully saturated rings. The van der Waals surface area contributed by atoms with Crippen molar-refractivity contribution >= 4 is 34.3 Å². The molecule has 0 amide bonds. The second-order valence-corrected chi connectivity index (χ2v) is 6.26. The summed E-state index contributed by atoms with van der Waals surface area (Å²) in [4.78, 5) is 11.6. The highest BCUT2D eigenvalue weighted by atomic mass is 35.5. The molecule has 0 aliphatic rings. The zero-order valence-corrected chi connectivity index (χ0v) is 13.7. The van der Waals surface area contributed by atoms with Crippen molar-refractivity contribution < 1.29 is 22.7 Å². The number of fused-ring (bicyclic) bond motifs is 1. The molecule has 132 valence electrons. The van der Waals surface area contributed by atoms with Crippen molar-refractivity contribution in [3.05, 3.63) is 39.2 Å². The Labute approximate surface area is 146 Å². The van der Waals surface area contributed by atoms with E-state index in [4.69, 9.17) is 16.0 Å². The first-order valence-electron chi connectivity index (χ1n) is 6.64. The first kappa shape index (κ1) is 17.5. The van der Waals surface area contributed by atoms with Crippen LogP contribution in [0.25, 0.3) is 11.0 Å². The van der Waals surface area contributed by atoms with E-state index in [0.29, 0.717) is 15.6 Å². The summed E-state index contributed by atoms with van der Waals surface area (Å²) in [6.45, 7) is -1.32. The van der Waals surface area contributed by atoms with Crippen molar-refractivity contribution in [3.8, 4) is 5.75 Å². The number of hydrogen-bond donors (Lipinski definition) is 1. The maximum Gasteiger partial charge on any atom is 0.408 e. The second-order valence-electron chi connectivity index (χ2n) is 4.91. The van der Waals surface area contributed by atoms with Gasteiger partial charge in [-0.2, -0.15) is 13.2 Å². The van der Waals surface area contributed by atoms with Gasteiger partial charge in [0.05, 0.1) is 5.02 Å². The minimum atomic E-state index is -4.46. The van der Waals surface area contributed by atoms with Crippen LogP contribution >= 0.6 is 23.4 Å². The summed E-state index contributed by atoms with van der Waals surface area (Å²) in [7, 11) is 0. The smallest absolute Gasteiger partial charge is 0.408 e. The van der Waals surface area contributed by atoms with Crippen LogP contribution in [0.5, 0.6) is 5.75 Å². The molecule has 0 atom stereocenters. The fourth-order valence-electron chi connectivity index (χ4n) is 2.07. The number of halogens is 4. The van der Waals surface area contributed by atoms with Gasteiger partial charge >= 0.3 is 11.8 Å². The molecule has 1 N–H and O–H groups in total. The molecule has 0 radical (unpaired) electrons. The number of alkyl halides is 3. The molecule has 1 aromatic carbocycles. The Bertz CT molecular complexity index is 989. The van der Waals surface area contributed by atoms with Gasteiger partial charge in [0.25, 0.3) is 0 Å². The largest absolute Gasteiger partial charge is 0.506 e. The molecule has 2 heterocycles. The first-order chi connectivity index (χ1) is 11.7. The summed E-state index contributed by atoms with van der Waals surface area (Å²) < 4.78 is 43.1. The number of aromatic nitrogens is 4. The minimum absolute atomic E-state index is 0.0505. The van der Waals surface area contributed by atoms with E-state index in [1.54, 1.807) is 0 Å². The molecule has 2 aromatic heterocycles. The summed E-state index contributed by atoms with van der Waals surface area (Å²) in [6, 6.07) is 3.80. The number of hydrogen-bond acceptors (Lipinski definition) is 7. The monoisotopic (exact) mass is 392 g/mol. The number of tetrazole rings is 1. The Morgan fingerprint density at radius 1 is 1.32 bits per heavy atom. The van der Waals surface area contributed by atoms with Crippen LogP contribution < -0.4 is 5.63 Å². The standard InChI is InChI=1S/C13H8ClF3N4O3S/c14-8-2-7-6(1-11(23)24-10(7)3-9(8)22)4-25-12-18-19-20-21(12)5-13(15,16)17/h1-3,22H,4-5H2. The van der Waals surface area contributed by atoms with E-state index in [-0.39, 0.29) is 27.3 Å². The highest BCUT2D eigenvalue weighted by molar-refractivity contribution is 7.98. The molecular weight excluding hydrogens is 385 g/mol. The molecule has 12 heteroatoms. The number of benzene rings is 1. The third kappa shape index (κ3) is 4.04. The van der Waals surface area contributed by atoms with Crippen LogP contribution in [0.1, 0.15) is 5.56 Å². The highest BCUT2D eigenvalue weighted by Gasteiger charge is 2.30. The van der Waals surface area contributed by atoms with E-state index in [0.717, 1.165) is 11.8 Å². The molecule has 7 nitrogen and oxygen atoms in total. The van der Waals surface area contributed by atoms with Crippen molar-refractivity contribution in [3.63, 3.8) is 0 Å². The topological polar surface area (TPSA) is 94.0 Å². The van der Waals surface area contributed by atoms with Crippen molar-refractivity contribution in [2.45, 2.75) is 23.6 Å². The molecule has 0 aliphatic carbocycles. The highest BCUT2D eigenvalue weighted by Crippen LogP contribution is 2.32. The van der Waals surface area contributed by atoms with Gasteiger partial charge in [-0.25, -0.2) is 9.48 Å². The number of nitrogens with zero attached hydrogens (tertiary/aromatic N) is 4. The van der Waals surface area contributed by atoms with Gasteiger partial charge < -0.3 is 9.52 Å². The van der Waals surface area contributed by atoms with Crippen molar-refractivity contribution in [2.75, 3.05) is 0 Å². The Morgan fingerprint density at radius 2 is 2.08 bits per heavy atom. The van der Waals surface area contributed by atoms with Crippen LogP contribution in [0.2, 0.25) is 5.02 Å². The zero-order chi connectivity index (χ0) is 18.2. The summed E-state index contributed by atoms with van der Waals surface area (Å²) >= 11 is 6.78. The van der Waals surface area contributed by atoms with E-state index >= 15 is 0 Å². The van der Waals surface area contributed by atoms with E-state index < -0.39 is 18.3 Å². The lowest BCUT2D eigenvalue weighted by Crippen LogP contribution is -2.19. The fraction of sp³-hybridized carbons (Fsp3) is 0.231. The summed E-state index contributed by atoms with van der Waals surface area (Å²) in [5.74, 6) is -0.155. The van der Waals surface area contributed by atoms with Gasteiger partial charge in [-0.3, -0.25) is 0 Å². The quantitative estimate of drug-likeness (QED) is 0.538. The third-order valence-electron chi connectivity index (χ3n) is 3.08. The van der Waals surface area contributed by atoms with E-state index in [1.165, 1.54) is 18.2 Å². The Kier molecular flexibility index (Phi) is 4.60. The predicted octanol–water partition coefficient (Wildman–Crippen LogP) is 2.99. The Hall–Kier alpha value is -2.27. The molecular formula is C13H8ClF3N4O3S. The summed E-state index contributed by atoms with van der Waals surface area (Å²) in [6.07, 6.45) is -4.46. The number of thioether (sulfide) groups is 1. The van der Waals surface area contributed by atoms with Gasteiger partial charge in [-0.05, 0) is 22.1 Å². The molecule has 3 rings (SSSR count). The van der Waals surface area contributed by atoms with E-state index in [9.17, 15) is 23.1 Å². The first-order valence-corrected chi connectivity index (χ1v) is 8.00. The SMILES string of the molecule is O=c1cc(CSc2nnnn2CC(F)(F)F)c2cc(Cl)c(O)cc2o1. The Balaban J connectivity index is 1.91. The van der Waals surface area contributed by atoms with Gasteiger partial charge in [0.15, 0.2) is 0 Å². The number of aromatic hydroxyl groups is 1. The van der Waals surface area contributed by atoms with Crippen LogP contribution in [0.4, 0.5) is 13.2 Å². The minimum Gasteiger partial charge on any atom is -0.506 e. The average molecular weight is 393 g/mol. The predicted molar refractivity (Wildman–Crippen MR) is 82.6 cm³/mol. The third-order valence-corrected chi connectivity index (χ3v) is 4.39. The summed E-state index contributed by atoms with van der Waals surface area (Å²) in [5, 5.41) is 20.1. The van der Waals surface area contributed by atoms with Gasteiger partial charge in [-0.1, -0.05) is 23.4 Å². The second kappa shape index (κ2) is 6.56. The van der Waals surface area contributed by atoms with Gasteiger partial charge in [0.1, 0.15) is 17.9 Å². The average Bonchev–Trinajstić information content (AvgIpc) is 2.91. The number of phenolic OH excluding ortho intramolecular Hbond substituents is 1. The Morgan fingerprint density at radius 3 is 2.80 bits per heavy atom. The molecule has 0 saturated carbocycles. The van der Waals surface area contributed by atoms with Gasteiger partial charge in [0, 0.05) is 23.3 Å². The fourth-order valence-corrected chi connectivity index (χ4v) is 3.10. The van der Waals surface area contributed by atoms with Crippen molar-refractivity contribution in [2.24, 2.45) is 0 Å². The van der Waals surface area contributed by atoms with E-state index in [2.05, 4.69) is 15.5 Å². The maximum atomic E-state index is 12.5. The van der Waals surface area contributed by atoms with Crippen LogP contribution in [0, 0.1) is 0 Å².